The molecule has 0 spiro atoms. The SMILES string of the molecule is CCC(CSc1ncc[nH]1)c1ccccc1. The molecular formula is C13H16N2S. The van der Waals surface area contributed by atoms with Crippen molar-refractivity contribution in [3.05, 3.63) is 48.3 Å². The normalized spacial score (nSPS) is 12.6. The van der Waals surface area contributed by atoms with Crippen molar-refractivity contribution < 1.29 is 0 Å². The van der Waals surface area contributed by atoms with Crippen LogP contribution in [0, 0.1) is 0 Å². The molecule has 0 aliphatic carbocycles. The van der Waals surface area contributed by atoms with E-state index in [1.165, 1.54) is 5.56 Å². The van der Waals surface area contributed by atoms with Gasteiger partial charge in [0.25, 0.3) is 0 Å². The molecule has 0 fully saturated rings. The number of H-pyrrole nitrogens is 1. The minimum atomic E-state index is 0.608. The summed E-state index contributed by atoms with van der Waals surface area (Å²) in [4.78, 5) is 7.34. The van der Waals surface area contributed by atoms with Crippen LogP contribution in [0.3, 0.4) is 0 Å². The van der Waals surface area contributed by atoms with Crippen LogP contribution < -0.4 is 0 Å². The van der Waals surface area contributed by atoms with Gasteiger partial charge in [0.05, 0.1) is 0 Å². The quantitative estimate of drug-likeness (QED) is 0.796. The lowest BCUT2D eigenvalue weighted by molar-refractivity contribution is 0.743. The van der Waals surface area contributed by atoms with Crippen LogP contribution in [0.2, 0.25) is 0 Å². The average Bonchev–Trinajstić information content (AvgIpc) is 2.84. The van der Waals surface area contributed by atoms with E-state index in [-0.39, 0.29) is 0 Å². The zero-order valence-electron chi connectivity index (χ0n) is 9.39. The standard InChI is InChI=1S/C13H16N2S/c1-2-11(12-6-4-3-5-7-12)10-16-13-14-8-9-15-13/h3-9,11H,2,10H2,1H3,(H,14,15). The van der Waals surface area contributed by atoms with Gasteiger partial charge in [-0.05, 0) is 17.9 Å². The van der Waals surface area contributed by atoms with Crippen LogP contribution in [0.5, 0.6) is 0 Å². The van der Waals surface area contributed by atoms with Crippen LogP contribution in [0.1, 0.15) is 24.8 Å². The van der Waals surface area contributed by atoms with Crippen molar-refractivity contribution in [2.45, 2.75) is 24.4 Å². The minimum Gasteiger partial charge on any atom is -0.340 e. The van der Waals surface area contributed by atoms with Crippen LogP contribution in [0.15, 0.2) is 47.9 Å². The Morgan fingerprint density at radius 3 is 2.75 bits per heavy atom. The summed E-state index contributed by atoms with van der Waals surface area (Å²) in [5.41, 5.74) is 1.42. The van der Waals surface area contributed by atoms with Gasteiger partial charge >= 0.3 is 0 Å². The molecule has 1 N–H and O–H groups in total. The molecule has 1 aromatic heterocycles. The molecule has 0 aliphatic heterocycles. The summed E-state index contributed by atoms with van der Waals surface area (Å²) < 4.78 is 0. The highest BCUT2D eigenvalue weighted by atomic mass is 32.2. The Bertz CT molecular complexity index is 397. The number of thioether (sulfide) groups is 1. The highest BCUT2D eigenvalue weighted by molar-refractivity contribution is 7.99. The third-order valence-electron chi connectivity index (χ3n) is 2.66. The molecule has 0 saturated heterocycles. The highest BCUT2D eigenvalue weighted by Crippen LogP contribution is 2.26. The zero-order valence-corrected chi connectivity index (χ0v) is 10.2. The third kappa shape index (κ3) is 2.89. The van der Waals surface area contributed by atoms with Crippen LogP contribution in [-0.4, -0.2) is 15.7 Å². The summed E-state index contributed by atoms with van der Waals surface area (Å²) >= 11 is 1.79. The van der Waals surface area contributed by atoms with E-state index < -0.39 is 0 Å². The van der Waals surface area contributed by atoms with Crippen molar-refractivity contribution in [1.29, 1.82) is 0 Å². The van der Waals surface area contributed by atoms with E-state index in [2.05, 4.69) is 47.2 Å². The Balaban J connectivity index is 1.96. The van der Waals surface area contributed by atoms with E-state index in [0.717, 1.165) is 17.3 Å². The van der Waals surface area contributed by atoms with E-state index in [0.29, 0.717) is 5.92 Å². The largest absolute Gasteiger partial charge is 0.340 e. The van der Waals surface area contributed by atoms with Gasteiger partial charge in [0, 0.05) is 18.1 Å². The maximum absolute atomic E-state index is 4.22. The Labute approximate surface area is 101 Å². The summed E-state index contributed by atoms with van der Waals surface area (Å²) in [5.74, 6) is 1.69. The van der Waals surface area contributed by atoms with Gasteiger partial charge in [-0.15, -0.1) is 0 Å². The number of aromatic nitrogens is 2. The first kappa shape index (κ1) is 11.3. The molecule has 1 atom stereocenters. The molecule has 0 saturated carbocycles. The van der Waals surface area contributed by atoms with E-state index in [1.807, 2.05) is 6.20 Å². The molecule has 1 aromatic carbocycles. The monoisotopic (exact) mass is 232 g/mol. The first-order valence-electron chi connectivity index (χ1n) is 5.57. The average molecular weight is 232 g/mol. The van der Waals surface area contributed by atoms with E-state index >= 15 is 0 Å². The van der Waals surface area contributed by atoms with Crippen molar-refractivity contribution in [1.82, 2.24) is 9.97 Å². The number of hydrogen-bond donors (Lipinski definition) is 1. The molecule has 0 radical (unpaired) electrons. The fourth-order valence-corrected chi connectivity index (χ4v) is 2.76. The molecule has 0 aliphatic rings. The Kier molecular flexibility index (Phi) is 4.05. The number of nitrogens with one attached hydrogen (secondary N) is 1. The summed E-state index contributed by atoms with van der Waals surface area (Å²) in [5, 5.41) is 1.01. The summed E-state index contributed by atoms with van der Waals surface area (Å²) in [6.07, 6.45) is 4.83. The van der Waals surface area contributed by atoms with Crippen molar-refractivity contribution in [2.75, 3.05) is 5.75 Å². The molecule has 2 rings (SSSR count). The second kappa shape index (κ2) is 5.75. The van der Waals surface area contributed by atoms with Crippen molar-refractivity contribution >= 4 is 11.8 Å². The Hall–Kier alpha value is -1.22. The Morgan fingerprint density at radius 1 is 1.31 bits per heavy atom. The summed E-state index contributed by atoms with van der Waals surface area (Å²) in [6, 6.07) is 10.7. The minimum absolute atomic E-state index is 0.608. The predicted octanol–water partition coefficient (Wildman–Crippen LogP) is 3.70. The second-order valence-electron chi connectivity index (χ2n) is 3.72. The fourth-order valence-electron chi connectivity index (χ4n) is 1.68. The number of hydrogen-bond acceptors (Lipinski definition) is 2. The van der Waals surface area contributed by atoms with Crippen molar-refractivity contribution in [3.63, 3.8) is 0 Å². The lowest BCUT2D eigenvalue weighted by Gasteiger charge is -2.13. The topological polar surface area (TPSA) is 28.7 Å². The van der Waals surface area contributed by atoms with Gasteiger partial charge in [-0.1, -0.05) is 49.0 Å². The molecule has 1 unspecified atom stereocenters. The molecule has 1 heterocycles. The number of imidazole rings is 1. The van der Waals surface area contributed by atoms with Crippen LogP contribution >= 0.6 is 11.8 Å². The molecule has 84 valence electrons. The second-order valence-corrected chi connectivity index (χ2v) is 4.73. The lowest BCUT2D eigenvalue weighted by Crippen LogP contribution is -2.00. The Morgan fingerprint density at radius 2 is 2.12 bits per heavy atom. The van der Waals surface area contributed by atoms with Gasteiger partial charge in [-0.25, -0.2) is 4.98 Å². The number of aromatic amines is 1. The van der Waals surface area contributed by atoms with Crippen LogP contribution in [-0.2, 0) is 0 Å². The smallest absolute Gasteiger partial charge is 0.165 e. The maximum atomic E-state index is 4.22. The molecule has 2 aromatic rings. The third-order valence-corrected chi connectivity index (χ3v) is 3.72. The summed E-state index contributed by atoms with van der Waals surface area (Å²) in [6.45, 7) is 2.24. The van der Waals surface area contributed by atoms with Crippen molar-refractivity contribution in [2.24, 2.45) is 0 Å². The van der Waals surface area contributed by atoms with Crippen LogP contribution in [0.4, 0.5) is 0 Å². The van der Waals surface area contributed by atoms with Gasteiger partial charge in [0.1, 0.15) is 0 Å². The molecule has 2 nitrogen and oxygen atoms in total. The predicted molar refractivity (Wildman–Crippen MR) is 68.8 cm³/mol. The first-order valence-corrected chi connectivity index (χ1v) is 6.56. The molecular weight excluding hydrogens is 216 g/mol. The maximum Gasteiger partial charge on any atom is 0.165 e. The highest BCUT2D eigenvalue weighted by Gasteiger charge is 2.09. The molecule has 0 amide bonds. The number of rotatable bonds is 5. The van der Waals surface area contributed by atoms with Gasteiger partial charge in [-0.3, -0.25) is 0 Å². The molecule has 3 heteroatoms. The van der Waals surface area contributed by atoms with E-state index in [1.54, 1.807) is 18.0 Å². The van der Waals surface area contributed by atoms with Gasteiger partial charge in [-0.2, -0.15) is 0 Å². The van der Waals surface area contributed by atoms with Crippen molar-refractivity contribution in [3.8, 4) is 0 Å². The fraction of sp³-hybridized carbons (Fsp3) is 0.308. The number of nitrogens with zero attached hydrogens (tertiary/aromatic N) is 1. The number of benzene rings is 1. The first-order chi connectivity index (χ1) is 7.90. The zero-order chi connectivity index (χ0) is 11.2. The molecule has 0 bridgehead atoms. The van der Waals surface area contributed by atoms with Gasteiger partial charge in [0.2, 0.25) is 0 Å². The van der Waals surface area contributed by atoms with E-state index in [9.17, 15) is 0 Å². The molecule has 16 heavy (non-hydrogen) atoms. The summed E-state index contributed by atoms with van der Waals surface area (Å²) in [7, 11) is 0. The van der Waals surface area contributed by atoms with E-state index in [4.69, 9.17) is 0 Å². The van der Waals surface area contributed by atoms with Gasteiger partial charge in [0.15, 0.2) is 5.16 Å². The lowest BCUT2D eigenvalue weighted by atomic mass is 9.99. The van der Waals surface area contributed by atoms with Crippen LogP contribution in [0.25, 0.3) is 0 Å². The van der Waals surface area contributed by atoms with Gasteiger partial charge < -0.3 is 4.98 Å².